The van der Waals surface area contributed by atoms with E-state index >= 15 is 0 Å². The van der Waals surface area contributed by atoms with Gasteiger partial charge in [-0.2, -0.15) is 0 Å². The molecule has 2 aliphatic heterocycles. The molecule has 1 amide bonds. The zero-order valence-corrected chi connectivity index (χ0v) is 16.3. The Bertz CT molecular complexity index is 1080. The maximum Gasteiger partial charge on any atom is 0.262 e. The van der Waals surface area contributed by atoms with E-state index in [0.29, 0.717) is 36.1 Å². The van der Waals surface area contributed by atoms with Crippen LogP contribution in [0.2, 0.25) is 0 Å². The van der Waals surface area contributed by atoms with Crippen molar-refractivity contribution in [3.63, 3.8) is 0 Å². The standard InChI is InChI=1S/C22H21N3O5/c26-21(23-16-5-6-17-19(12-16)30-14-29-17)13-28-18-3-1-2-15-4-7-20(24-22(15)18)25-8-10-27-11-9-25/h1-7,12H,8-11,13-14H2,(H,23,26). The van der Waals surface area contributed by atoms with Crippen molar-refractivity contribution in [1.29, 1.82) is 0 Å². The summed E-state index contributed by atoms with van der Waals surface area (Å²) < 4.78 is 21.8. The van der Waals surface area contributed by atoms with Crippen molar-refractivity contribution < 1.29 is 23.7 Å². The van der Waals surface area contributed by atoms with Crippen molar-refractivity contribution in [2.45, 2.75) is 0 Å². The molecule has 8 nitrogen and oxygen atoms in total. The van der Waals surface area contributed by atoms with Crippen LogP contribution in [-0.4, -0.2) is 50.6 Å². The van der Waals surface area contributed by atoms with Gasteiger partial charge in [0.05, 0.1) is 13.2 Å². The largest absolute Gasteiger partial charge is 0.481 e. The molecule has 2 aromatic carbocycles. The van der Waals surface area contributed by atoms with Crippen LogP contribution in [0.25, 0.3) is 10.9 Å². The highest BCUT2D eigenvalue weighted by molar-refractivity contribution is 5.93. The van der Waals surface area contributed by atoms with Gasteiger partial charge in [-0.25, -0.2) is 4.98 Å². The van der Waals surface area contributed by atoms with Gasteiger partial charge in [0.2, 0.25) is 6.79 Å². The minimum atomic E-state index is -0.268. The van der Waals surface area contributed by atoms with Crippen LogP contribution < -0.4 is 24.4 Å². The minimum absolute atomic E-state index is 0.128. The summed E-state index contributed by atoms with van der Waals surface area (Å²) in [5.41, 5.74) is 1.36. The van der Waals surface area contributed by atoms with Crippen LogP contribution in [-0.2, 0) is 9.53 Å². The van der Waals surface area contributed by atoms with Gasteiger partial charge in [-0.1, -0.05) is 12.1 Å². The van der Waals surface area contributed by atoms with Crippen LogP contribution in [0, 0.1) is 0 Å². The van der Waals surface area contributed by atoms with Crippen LogP contribution in [0.5, 0.6) is 17.2 Å². The zero-order chi connectivity index (χ0) is 20.3. The number of fused-ring (bicyclic) bond motifs is 2. The van der Waals surface area contributed by atoms with E-state index in [9.17, 15) is 4.79 Å². The number of nitrogens with one attached hydrogen (secondary N) is 1. The Morgan fingerprint density at radius 3 is 2.83 bits per heavy atom. The number of pyridine rings is 1. The van der Waals surface area contributed by atoms with E-state index in [1.54, 1.807) is 18.2 Å². The molecule has 3 heterocycles. The van der Waals surface area contributed by atoms with Gasteiger partial charge in [-0.05, 0) is 30.3 Å². The number of benzene rings is 2. The molecule has 30 heavy (non-hydrogen) atoms. The van der Waals surface area contributed by atoms with Gasteiger partial charge in [0.25, 0.3) is 5.91 Å². The Balaban J connectivity index is 1.29. The monoisotopic (exact) mass is 407 g/mol. The summed E-state index contributed by atoms with van der Waals surface area (Å²) in [6, 6.07) is 15.0. The number of carbonyl (C=O) groups excluding carboxylic acids is 1. The molecule has 2 aliphatic rings. The van der Waals surface area contributed by atoms with E-state index in [1.807, 2.05) is 30.3 Å². The number of aromatic nitrogens is 1. The number of hydrogen-bond donors (Lipinski definition) is 1. The van der Waals surface area contributed by atoms with Crippen LogP contribution in [0.3, 0.4) is 0 Å². The van der Waals surface area contributed by atoms with E-state index in [-0.39, 0.29) is 19.3 Å². The van der Waals surface area contributed by atoms with Crippen LogP contribution in [0.1, 0.15) is 0 Å². The first kappa shape index (κ1) is 18.5. The number of morpholine rings is 1. The van der Waals surface area contributed by atoms with Crippen molar-refractivity contribution in [2.75, 3.05) is 49.9 Å². The molecule has 1 fully saturated rings. The zero-order valence-electron chi connectivity index (χ0n) is 16.3. The lowest BCUT2D eigenvalue weighted by molar-refractivity contribution is -0.118. The molecule has 0 radical (unpaired) electrons. The second-order valence-corrected chi connectivity index (χ2v) is 7.00. The second-order valence-electron chi connectivity index (χ2n) is 7.00. The van der Waals surface area contributed by atoms with Gasteiger partial charge < -0.3 is 29.2 Å². The highest BCUT2D eigenvalue weighted by atomic mass is 16.7. The highest BCUT2D eigenvalue weighted by Crippen LogP contribution is 2.34. The number of nitrogens with zero attached hydrogens (tertiary/aromatic N) is 2. The molecule has 8 heteroatoms. The molecule has 0 spiro atoms. The van der Waals surface area contributed by atoms with Crippen molar-refractivity contribution in [3.8, 4) is 17.2 Å². The molecule has 0 aliphatic carbocycles. The molecule has 0 saturated carbocycles. The number of carbonyl (C=O) groups is 1. The summed E-state index contributed by atoms with van der Waals surface area (Å²) in [6.45, 7) is 3.06. The van der Waals surface area contributed by atoms with Gasteiger partial charge in [-0.15, -0.1) is 0 Å². The second kappa shape index (κ2) is 8.08. The number of para-hydroxylation sites is 1. The molecule has 0 unspecified atom stereocenters. The smallest absolute Gasteiger partial charge is 0.262 e. The minimum Gasteiger partial charge on any atom is -0.481 e. The van der Waals surface area contributed by atoms with Crippen LogP contribution >= 0.6 is 0 Å². The van der Waals surface area contributed by atoms with E-state index in [4.69, 9.17) is 23.9 Å². The molecule has 0 atom stereocenters. The Morgan fingerprint density at radius 2 is 1.93 bits per heavy atom. The van der Waals surface area contributed by atoms with E-state index in [0.717, 1.165) is 29.8 Å². The molecule has 5 rings (SSSR count). The summed E-state index contributed by atoms with van der Waals surface area (Å²) >= 11 is 0. The van der Waals surface area contributed by atoms with Crippen molar-refractivity contribution in [1.82, 2.24) is 4.98 Å². The Morgan fingerprint density at radius 1 is 1.07 bits per heavy atom. The van der Waals surface area contributed by atoms with Gasteiger partial charge in [-0.3, -0.25) is 4.79 Å². The number of ether oxygens (including phenoxy) is 4. The van der Waals surface area contributed by atoms with Crippen molar-refractivity contribution in [3.05, 3.63) is 48.5 Å². The lowest BCUT2D eigenvalue weighted by Crippen LogP contribution is -2.36. The first-order valence-electron chi connectivity index (χ1n) is 9.81. The summed E-state index contributed by atoms with van der Waals surface area (Å²) in [6.07, 6.45) is 0. The Hall–Kier alpha value is -3.52. The fourth-order valence-corrected chi connectivity index (χ4v) is 3.51. The van der Waals surface area contributed by atoms with Crippen LogP contribution in [0.4, 0.5) is 11.5 Å². The first-order chi connectivity index (χ1) is 14.8. The normalized spacial score (nSPS) is 15.3. The predicted octanol–water partition coefficient (Wildman–Crippen LogP) is 2.82. The quantitative estimate of drug-likeness (QED) is 0.696. The lowest BCUT2D eigenvalue weighted by Gasteiger charge is -2.28. The highest BCUT2D eigenvalue weighted by Gasteiger charge is 2.16. The third-order valence-corrected chi connectivity index (χ3v) is 5.02. The maximum atomic E-state index is 12.4. The van der Waals surface area contributed by atoms with Gasteiger partial charge >= 0.3 is 0 Å². The van der Waals surface area contributed by atoms with Gasteiger partial charge in [0.1, 0.15) is 17.1 Å². The molecule has 1 aromatic heterocycles. The number of amides is 1. The fourth-order valence-electron chi connectivity index (χ4n) is 3.51. The summed E-state index contributed by atoms with van der Waals surface area (Å²) in [7, 11) is 0. The summed E-state index contributed by atoms with van der Waals surface area (Å²) in [4.78, 5) is 19.4. The molecule has 1 saturated heterocycles. The number of anilines is 2. The predicted molar refractivity (Wildman–Crippen MR) is 111 cm³/mol. The Labute approximate surface area is 173 Å². The average Bonchev–Trinajstić information content (AvgIpc) is 3.26. The third kappa shape index (κ3) is 3.81. The maximum absolute atomic E-state index is 12.4. The van der Waals surface area contributed by atoms with Crippen LogP contribution in [0.15, 0.2) is 48.5 Å². The fraction of sp³-hybridized carbons (Fsp3) is 0.273. The molecular formula is C22H21N3O5. The molecule has 1 N–H and O–H groups in total. The van der Waals surface area contributed by atoms with Gasteiger partial charge in [0.15, 0.2) is 18.1 Å². The average molecular weight is 407 g/mol. The SMILES string of the molecule is O=C(COc1cccc2ccc(N3CCOCC3)nc12)Nc1ccc2c(c1)OCO2. The topological polar surface area (TPSA) is 82.2 Å². The van der Waals surface area contributed by atoms with Crippen molar-refractivity contribution in [2.24, 2.45) is 0 Å². The number of hydrogen-bond acceptors (Lipinski definition) is 7. The van der Waals surface area contributed by atoms with E-state index < -0.39 is 0 Å². The summed E-state index contributed by atoms with van der Waals surface area (Å²) in [5, 5.41) is 3.77. The van der Waals surface area contributed by atoms with Gasteiger partial charge in [0, 0.05) is 30.2 Å². The number of rotatable bonds is 5. The molecular weight excluding hydrogens is 386 g/mol. The summed E-state index contributed by atoms with van der Waals surface area (Å²) in [5.74, 6) is 2.47. The Kier molecular flexibility index (Phi) is 4.98. The molecule has 3 aromatic rings. The molecule has 0 bridgehead atoms. The first-order valence-corrected chi connectivity index (χ1v) is 9.81. The van der Waals surface area contributed by atoms with E-state index in [2.05, 4.69) is 10.2 Å². The van der Waals surface area contributed by atoms with Crippen molar-refractivity contribution >= 4 is 28.3 Å². The molecule has 154 valence electrons. The lowest BCUT2D eigenvalue weighted by atomic mass is 10.2. The third-order valence-electron chi connectivity index (χ3n) is 5.02. The van der Waals surface area contributed by atoms with E-state index in [1.165, 1.54) is 0 Å².